The van der Waals surface area contributed by atoms with E-state index in [1.807, 2.05) is 0 Å². The summed E-state index contributed by atoms with van der Waals surface area (Å²) in [6.45, 7) is 5.57. The highest BCUT2D eigenvalue weighted by Crippen LogP contribution is 2.17. The molecule has 1 saturated heterocycles. The molecule has 1 fully saturated rings. The summed E-state index contributed by atoms with van der Waals surface area (Å²) in [5.74, 6) is 0.543. The first kappa shape index (κ1) is 14.9. The monoisotopic (exact) mass is 246 g/mol. The Morgan fingerprint density at radius 1 is 1.29 bits per heavy atom. The third kappa shape index (κ3) is 4.92. The maximum Gasteiger partial charge on any atom is 0.110 e. The maximum absolute atomic E-state index is 9.74. The van der Waals surface area contributed by atoms with Crippen LogP contribution in [0.4, 0.5) is 0 Å². The van der Waals surface area contributed by atoms with Gasteiger partial charge in [0.2, 0.25) is 0 Å². The van der Waals surface area contributed by atoms with Crippen molar-refractivity contribution in [3.8, 4) is 0 Å². The summed E-state index contributed by atoms with van der Waals surface area (Å²) >= 11 is 0. The summed E-state index contributed by atoms with van der Waals surface area (Å²) in [5, 5.41) is 19.2. The topological polar surface area (TPSA) is 58.9 Å². The van der Waals surface area contributed by atoms with Gasteiger partial charge in [0.25, 0.3) is 0 Å². The van der Waals surface area contributed by atoms with Crippen molar-refractivity contribution in [2.75, 3.05) is 19.8 Å². The quantitative estimate of drug-likeness (QED) is 0.711. The van der Waals surface area contributed by atoms with Gasteiger partial charge in [0.05, 0.1) is 19.8 Å². The summed E-state index contributed by atoms with van der Waals surface area (Å²) in [7, 11) is 0. The first-order valence-electron chi connectivity index (χ1n) is 6.74. The van der Waals surface area contributed by atoms with E-state index in [-0.39, 0.29) is 12.7 Å². The Labute approximate surface area is 104 Å². The Kier molecular flexibility index (Phi) is 7.04. The van der Waals surface area contributed by atoms with E-state index in [0.29, 0.717) is 19.1 Å². The molecule has 102 valence electrons. The maximum atomic E-state index is 9.74. The number of aliphatic hydroxyl groups excluding tert-OH is 2. The van der Waals surface area contributed by atoms with Crippen molar-refractivity contribution in [1.82, 2.24) is 0 Å². The molecule has 0 aromatic carbocycles. The number of ether oxygens (including phenoxy) is 2. The highest BCUT2D eigenvalue weighted by atomic mass is 16.6. The van der Waals surface area contributed by atoms with Crippen LogP contribution in [0.2, 0.25) is 0 Å². The summed E-state index contributed by atoms with van der Waals surface area (Å²) in [4.78, 5) is 0. The lowest BCUT2D eigenvalue weighted by Crippen LogP contribution is -2.49. The molecule has 4 atom stereocenters. The predicted octanol–water partition coefficient (Wildman–Crippen LogP) is 1.34. The molecule has 4 heteroatoms. The van der Waals surface area contributed by atoms with E-state index in [1.54, 1.807) is 0 Å². The van der Waals surface area contributed by atoms with Crippen LogP contribution in [0.5, 0.6) is 0 Å². The molecule has 0 aliphatic carbocycles. The van der Waals surface area contributed by atoms with Crippen molar-refractivity contribution < 1.29 is 19.7 Å². The molecule has 0 aromatic heterocycles. The molecule has 4 nitrogen and oxygen atoms in total. The van der Waals surface area contributed by atoms with Crippen molar-refractivity contribution in [2.45, 2.75) is 57.8 Å². The normalized spacial score (nSPS) is 31.4. The van der Waals surface area contributed by atoms with Crippen LogP contribution in [0.25, 0.3) is 0 Å². The molecule has 1 unspecified atom stereocenters. The molecule has 0 radical (unpaired) electrons. The second kappa shape index (κ2) is 8.03. The lowest BCUT2D eigenvalue weighted by Gasteiger charge is -2.32. The van der Waals surface area contributed by atoms with Crippen LogP contribution in [-0.4, -0.2) is 48.3 Å². The van der Waals surface area contributed by atoms with Gasteiger partial charge in [-0.25, -0.2) is 0 Å². The zero-order valence-corrected chi connectivity index (χ0v) is 11.0. The number of unbranched alkanes of at least 4 members (excludes halogenated alkanes) is 1. The van der Waals surface area contributed by atoms with Crippen molar-refractivity contribution in [1.29, 1.82) is 0 Å². The van der Waals surface area contributed by atoms with Crippen molar-refractivity contribution in [3.05, 3.63) is 0 Å². The van der Waals surface area contributed by atoms with Gasteiger partial charge in [-0.05, 0) is 12.3 Å². The molecule has 0 saturated carbocycles. The van der Waals surface area contributed by atoms with Crippen LogP contribution in [0, 0.1) is 5.92 Å². The number of hydrogen-bond acceptors (Lipinski definition) is 4. The van der Waals surface area contributed by atoms with Crippen LogP contribution < -0.4 is 0 Å². The van der Waals surface area contributed by atoms with E-state index in [1.165, 1.54) is 19.3 Å². The van der Waals surface area contributed by atoms with Gasteiger partial charge in [0, 0.05) is 0 Å². The average Bonchev–Trinajstić information content (AvgIpc) is 2.34. The second-order valence-corrected chi connectivity index (χ2v) is 4.88. The average molecular weight is 246 g/mol. The van der Waals surface area contributed by atoms with Gasteiger partial charge in [-0.1, -0.05) is 33.1 Å². The van der Waals surface area contributed by atoms with Gasteiger partial charge in [-0.2, -0.15) is 0 Å². The third-order valence-corrected chi connectivity index (χ3v) is 3.44. The lowest BCUT2D eigenvalue weighted by molar-refractivity contribution is -0.173. The van der Waals surface area contributed by atoms with Crippen molar-refractivity contribution in [3.63, 3.8) is 0 Å². The molecule has 0 bridgehead atoms. The molecular weight excluding hydrogens is 220 g/mol. The van der Waals surface area contributed by atoms with Crippen molar-refractivity contribution >= 4 is 0 Å². The minimum absolute atomic E-state index is 0.202. The second-order valence-electron chi connectivity index (χ2n) is 4.88. The van der Waals surface area contributed by atoms with Crippen LogP contribution in [0.3, 0.4) is 0 Å². The first-order chi connectivity index (χ1) is 8.19. The Morgan fingerprint density at radius 2 is 2.06 bits per heavy atom. The Balaban J connectivity index is 2.27. The molecule has 0 amide bonds. The van der Waals surface area contributed by atoms with E-state index >= 15 is 0 Å². The zero-order valence-electron chi connectivity index (χ0n) is 11.0. The fourth-order valence-corrected chi connectivity index (χ4v) is 2.05. The van der Waals surface area contributed by atoms with Crippen LogP contribution in [0.15, 0.2) is 0 Å². The van der Waals surface area contributed by atoms with E-state index in [9.17, 15) is 10.2 Å². The minimum Gasteiger partial charge on any atom is -0.388 e. The number of rotatable bonds is 7. The highest BCUT2D eigenvalue weighted by molar-refractivity contribution is 4.80. The van der Waals surface area contributed by atoms with Crippen molar-refractivity contribution in [2.24, 2.45) is 5.92 Å². The molecule has 1 aliphatic rings. The summed E-state index contributed by atoms with van der Waals surface area (Å²) in [6, 6.07) is 0. The Morgan fingerprint density at radius 3 is 2.71 bits per heavy atom. The highest BCUT2D eigenvalue weighted by Gasteiger charge is 2.32. The van der Waals surface area contributed by atoms with Gasteiger partial charge >= 0.3 is 0 Å². The molecule has 17 heavy (non-hydrogen) atoms. The van der Waals surface area contributed by atoms with E-state index in [0.717, 1.165) is 6.42 Å². The van der Waals surface area contributed by atoms with E-state index in [4.69, 9.17) is 9.47 Å². The number of hydrogen-bond donors (Lipinski definition) is 2. The molecule has 0 spiro atoms. The molecule has 0 aromatic rings. The molecule has 1 aliphatic heterocycles. The van der Waals surface area contributed by atoms with Gasteiger partial charge in [-0.15, -0.1) is 0 Å². The summed E-state index contributed by atoms with van der Waals surface area (Å²) < 4.78 is 10.9. The Bertz CT molecular complexity index is 198. The number of aliphatic hydroxyl groups is 2. The van der Waals surface area contributed by atoms with Gasteiger partial charge < -0.3 is 19.7 Å². The zero-order chi connectivity index (χ0) is 12.7. The molecule has 1 rings (SSSR count). The largest absolute Gasteiger partial charge is 0.388 e. The first-order valence-corrected chi connectivity index (χ1v) is 6.74. The van der Waals surface area contributed by atoms with Crippen LogP contribution in [0.1, 0.15) is 39.5 Å². The third-order valence-electron chi connectivity index (χ3n) is 3.44. The van der Waals surface area contributed by atoms with Crippen LogP contribution >= 0.6 is 0 Å². The van der Waals surface area contributed by atoms with Crippen LogP contribution in [-0.2, 0) is 9.47 Å². The van der Waals surface area contributed by atoms with E-state index in [2.05, 4.69) is 13.8 Å². The summed E-state index contributed by atoms with van der Waals surface area (Å²) in [5.41, 5.74) is 0. The predicted molar refractivity (Wildman–Crippen MR) is 65.9 cm³/mol. The summed E-state index contributed by atoms with van der Waals surface area (Å²) in [6.07, 6.45) is 2.66. The fourth-order valence-electron chi connectivity index (χ4n) is 2.05. The van der Waals surface area contributed by atoms with Gasteiger partial charge in [0.15, 0.2) is 0 Å². The fraction of sp³-hybridized carbons (Fsp3) is 1.00. The Hall–Kier alpha value is -0.160. The standard InChI is InChI=1S/C13H26O4/c1-3-5-6-10(4-2)7-17-12-9-16-8-11(14)13(12)15/h10-15H,3-9H2,1-2H3/t10?,11-,12-,13-/m1/s1. The lowest BCUT2D eigenvalue weighted by atomic mass is 10.00. The smallest absolute Gasteiger partial charge is 0.110 e. The molecule has 2 N–H and O–H groups in total. The SMILES string of the molecule is CCCCC(CC)CO[C@@H]1COC[C@@H](O)[C@H]1O. The minimum atomic E-state index is -0.815. The van der Waals surface area contributed by atoms with E-state index < -0.39 is 12.2 Å². The van der Waals surface area contributed by atoms with Gasteiger partial charge in [0.1, 0.15) is 18.3 Å². The van der Waals surface area contributed by atoms with Gasteiger partial charge in [-0.3, -0.25) is 0 Å². The molecular formula is C13H26O4. The molecule has 1 heterocycles.